The zero-order valence-electron chi connectivity index (χ0n) is 14.5. The Balaban J connectivity index is 1.61. The van der Waals surface area contributed by atoms with Crippen molar-refractivity contribution < 1.29 is 9.72 Å². The predicted octanol–water partition coefficient (Wildman–Crippen LogP) is 3.97. The standard InChI is InChI=1S/C20H18N4O3/c25-20(15-7-3-8-16(13-15)24(26)27)22-19-11-12-21-23(19)18-10-4-6-14-5-1-2-9-17(14)18/h1-3,5,7-9,11-13,18H,4,6,10H2,(H,22,25)/t18-/m1/s1. The number of aryl methyl sites for hydroxylation is 1. The van der Waals surface area contributed by atoms with Gasteiger partial charge in [-0.1, -0.05) is 30.3 Å². The van der Waals surface area contributed by atoms with Crippen molar-refractivity contribution in [3.05, 3.63) is 87.6 Å². The molecular weight excluding hydrogens is 344 g/mol. The number of non-ortho nitro benzene ring substituents is 1. The second-order valence-corrected chi connectivity index (χ2v) is 6.53. The molecule has 1 atom stereocenters. The molecule has 3 aromatic rings. The number of rotatable bonds is 4. The Morgan fingerprint density at radius 3 is 2.89 bits per heavy atom. The van der Waals surface area contributed by atoms with Crippen LogP contribution in [0.25, 0.3) is 0 Å². The molecule has 0 unspecified atom stereocenters. The number of hydrogen-bond donors (Lipinski definition) is 1. The second kappa shape index (κ2) is 7.03. The number of benzene rings is 2. The van der Waals surface area contributed by atoms with Crippen molar-refractivity contribution in [3.63, 3.8) is 0 Å². The van der Waals surface area contributed by atoms with E-state index < -0.39 is 10.8 Å². The van der Waals surface area contributed by atoms with E-state index >= 15 is 0 Å². The van der Waals surface area contributed by atoms with Gasteiger partial charge in [0.25, 0.3) is 11.6 Å². The topological polar surface area (TPSA) is 90.1 Å². The van der Waals surface area contributed by atoms with Gasteiger partial charge in [-0.25, -0.2) is 4.68 Å². The summed E-state index contributed by atoms with van der Waals surface area (Å²) in [7, 11) is 0. The van der Waals surface area contributed by atoms with Gasteiger partial charge in [0.1, 0.15) is 5.82 Å². The average Bonchev–Trinajstić information content (AvgIpc) is 3.15. The molecule has 1 N–H and O–H groups in total. The number of nitrogens with one attached hydrogen (secondary N) is 1. The van der Waals surface area contributed by atoms with Gasteiger partial charge >= 0.3 is 0 Å². The van der Waals surface area contributed by atoms with E-state index in [0.717, 1.165) is 19.3 Å². The van der Waals surface area contributed by atoms with Gasteiger partial charge < -0.3 is 5.32 Å². The third-order valence-corrected chi connectivity index (χ3v) is 4.86. The van der Waals surface area contributed by atoms with E-state index in [9.17, 15) is 14.9 Å². The molecule has 4 rings (SSSR count). The van der Waals surface area contributed by atoms with Gasteiger partial charge in [-0.05, 0) is 36.5 Å². The number of carbonyl (C=O) groups excluding carboxylic acids is 1. The molecule has 1 aliphatic carbocycles. The maximum atomic E-state index is 12.6. The maximum absolute atomic E-state index is 12.6. The minimum Gasteiger partial charge on any atom is -0.307 e. The molecule has 1 heterocycles. The predicted molar refractivity (Wildman–Crippen MR) is 101 cm³/mol. The van der Waals surface area contributed by atoms with Crippen molar-refractivity contribution in [2.75, 3.05) is 5.32 Å². The summed E-state index contributed by atoms with van der Waals surface area (Å²) < 4.78 is 1.83. The molecule has 0 saturated carbocycles. The lowest BCUT2D eigenvalue weighted by Gasteiger charge is -2.27. The van der Waals surface area contributed by atoms with Crippen molar-refractivity contribution in [1.29, 1.82) is 0 Å². The van der Waals surface area contributed by atoms with Crippen LogP contribution in [0.4, 0.5) is 11.5 Å². The smallest absolute Gasteiger partial charge is 0.270 e. The van der Waals surface area contributed by atoms with Crippen LogP contribution >= 0.6 is 0 Å². The van der Waals surface area contributed by atoms with Crippen LogP contribution in [0.3, 0.4) is 0 Å². The van der Waals surface area contributed by atoms with Crippen LogP contribution in [0, 0.1) is 10.1 Å². The minimum atomic E-state index is -0.514. The quantitative estimate of drug-likeness (QED) is 0.562. The number of amides is 1. The van der Waals surface area contributed by atoms with Crippen LogP contribution < -0.4 is 5.32 Å². The van der Waals surface area contributed by atoms with E-state index in [1.807, 2.05) is 16.8 Å². The van der Waals surface area contributed by atoms with Crippen molar-refractivity contribution in [3.8, 4) is 0 Å². The molecule has 27 heavy (non-hydrogen) atoms. The first-order valence-electron chi connectivity index (χ1n) is 8.80. The van der Waals surface area contributed by atoms with E-state index in [0.29, 0.717) is 5.82 Å². The van der Waals surface area contributed by atoms with Crippen LogP contribution in [0.15, 0.2) is 60.8 Å². The zero-order valence-corrected chi connectivity index (χ0v) is 14.5. The maximum Gasteiger partial charge on any atom is 0.270 e. The average molecular weight is 362 g/mol. The lowest BCUT2D eigenvalue weighted by Crippen LogP contribution is -2.22. The number of anilines is 1. The highest BCUT2D eigenvalue weighted by molar-refractivity contribution is 6.04. The largest absolute Gasteiger partial charge is 0.307 e. The van der Waals surface area contributed by atoms with Crippen LogP contribution in [-0.4, -0.2) is 20.6 Å². The molecule has 2 aromatic carbocycles. The number of hydrogen-bond acceptors (Lipinski definition) is 4. The molecule has 0 bridgehead atoms. The number of carbonyl (C=O) groups is 1. The summed E-state index contributed by atoms with van der Waals surface area (Å²) >= 11 is 0. The summed E-state index contributed by atoms with van der Waals surface area (Å²) in [6, 6.07) is 15.8. The van der Waals surface area contributed by atoms with E-state index in [1.165, 1.54) is 29.3 Å². The van der Waals surface area contributed by atoms with Crippen LogP contribution in [0.2, 0.25) is 0 Å². The highest BCUT2D eigenvalue weighted by atomic mass is 16.6. The van der Waals surface area contributed by atoms with Gasteiger partial charge in [0.05, 0.1) is 17.2 Å². The normalized spacial score (nSPS) is 15.8. The van der Waals surface area contributed by atoms with Gasteiger partial charge in [-0.2, -0.15) is 5.10 Å². The summed E-state index contributed by atoms with van der Waals surface area (Å²) in [4.78, 5) is 23.0. The number of nitro groups is 1. The lowest BCUT2D eigenvalue weighted by molar-refractivity contribution is -0.384. The lowest BCUT2D eigenvalue weighted by atomic mass is 9.88. The van der Waals surface area contributed by atoms with Crippen molar-refractivity contribution in [1.82, 2.24) is 9.78 Å². The third-order valence-electron chi connectivity index (χ3n) is 4.86. The van der Waals surface area contributed by atoms with Crippen LogP contribution in [-0.2, 0) is 6.42 Å². The Bertz CT molecular complexity index is 1010. The molecule has 1 aliphatic rings. The first-order chi connectivity index (χ1) is 13.1. The first kappa shape index (κ1) is 17.0. The van der Waals surface area contributed by atoms with E-state index in [1.54, 1.807) is 18.3 Å². The molecule has 7 nitrogen and oxygen atoms in total. The SMILES string of the molecule is O=C(Nc1ccnn1[C@@H]1CCCc2ccccc21)c1cccc([N+](=O)[O-])c1. The van der Waals surface area contributed by atoms with E-state index in [2.05, 4.69) is 22.5 Å². The summed E-state index contributed by atoms with van der Waals surface area (Å²) in [6.45, 7) is 0. The molecule has 136 valence electrons. The van der Waals surface area contributed by atoms with Crippen LogP contribution in [0.5, 0.6) is 0 Å². The third kappa shape index (κ3) is 3.31. The Labute approximate surface area is 155 Å². The number of nitro benzene ring substituents is 1. The van der Waals surface area contributed by atoms with Gasteiger partial charge in [0.2, 0.25) is 0 Å². The molecule has 0 spiro atoms. The summed E-state index contributed by atoms with van der Waals surface area (Å²) in [6.07, 6.45) is 4.70. The van der Waals surface area contributed by atoms with Gasteiger partial charge in [-0.3, -0.25) is 14.9 Å². The van der Waals surface area contributed by atoms with Crippen molar-refractivity contribution in [2.24, 2.45) is 0 Å². The summed E-state index contributed by atoms with van der Waals surface area (Å²) in [5.74, 6) is 0.178. The first-order valence-corrected chi connectivity index (χ1v) is 8.80. The number of nitrogens with zero attached hydrogens (tertiary/aromatic N) is 3. The molecule has 0 radical (unpaired) electrons. The summed E-state index contributed by atoms with van der Waals surface area (Å²) in [5, 5.41) is 18.2. The highest BCUT2D eigenvalue weighted by Gasteiger charge is 2.24. The fraction of sp³-hybridized carbons (Fsp3) is 0.200. The number of fused-ring (bicyclic) bond motifs is 1. The van der Waals surface area contributed by atoms with E-state index in [-0.39, 0.29) is 17.3 Å². The highest BCUT2D eigenvalue weighted by Crippen LogP contribution is 2.34. The summed E-state index contributed by atoms with van der Waals surface area (Å²) in [5.41, 5.74) is 2.65. The monoisotopic (exact) mass is 362 g/mol. The minimum absolute atomic E-state index is 0.0605. The Morgan fingerprint density at radius 2 is 2.04 bits per heavy atom. The second-order valence-electron chi connectivity index (χ2n) is 6.53. The van der Waals surface area contributed by atoms with Gasteiger partial charge in [-0.15, -0.1) is 0 Å². The molecule has 0 fully saturated rings. The fourth-order valence-corrected chi connectivity index (χ4v) is 3.59. The Morgan fingerprint density at radius 1 is 1.19 bits per heavy atom. The molecular formula is C20H18N4O3. The zero-order chi connectivity index (χ0) is 18.8. The van der Waals surface area contributed by atoms with Gasteiger partial charge in [0, 0.05) is 23.8 Å². The number of aromatic nitrogens is 2. The van der Waals surface area contributed by atoms with Gasteiger partial charge in [0.15, 0.2) is 0 Å². The molecule has 1 aromatic heterocycles. The molecule has 0 saturated heterocycles. The molecule has 0 aliphatic heterocycles. The molecule has 1 amide bonds. The fourth-order valence-electron chi connectivity index (χ4n) is 3.59. The van der Waals surface area contributed by atoms with E-state index in [4.69, 9.17) is 0 Å². The van der Waals surface area contributed by atoms with Crippen molar-refractivity contribution in [2.45, 2.75) is 25.3 Å². The Kier molecular flexibility index (Phi) is 4.42. The molecule has 7 heteroatoms. The van der Waals surface area contributed by atoms with Crippen LogP contribution in [0.1, 0.15) is 40.4 Å². The van der Waals surface area contributed by atoms with Crippen molar-refractivity contribution >= 4 is 17.4 Å². The Hall–Kier alpha value is -3.48.